The van der Waals surface area contributed by atoms with Gasteiger partial charge in [-0.3, -0.25) is 33.8 Å². The Labute approximate surface area is 304 Å². The lowest BCUT2D eigenvalue weighted by Gasteiger charge is -2.38. The molecule has 1 aliphatic heterocycles. The predicted molar refractivity (Wildman–Crippen MR) is 181 cm³/mol. The third-order valence-corrected chi connectivity index (χ3v) is 9.33. The molecule has 13 nitrogen and oxygen atoms in total. The maximum atomic E-state index is 14.9. The van der Waals surface area contributed by atoms with Gasteiger partial charge in [0.1, 0.15) is 23.8 Å². The fraction of sp³-hybridized carbons (Fsp3) is 0.722. The molecule has 49 heavy (non-hydrogen) atoms. The summed E-state index contributed by atoms with van der Waals surface area (Å²) in [4.78, 5) is 92.1. The molecule has 3 aliphatic carbocycles. The van der Waals surface area contributed by atoms with Gasteiger partial charge in [0.25, 0.3) is 11.8 Å². The molecule has 1 aromatic rings. The lowest BCUT2D eigenvalue weighted by molar-refractivity contribution is -0.146. The van der Waals surface area contributed by atoms with Crippen LogP contribution in [-0.4, -0.2) is 86.9 Å². The molecule has 3 saturated carbocycles. The highest BCUT2D eigenvalue weighted by Crippen LogP contribution is 2.43. The number of aromatic nitrogens is 2. The number of nitrogens with one attached hydrogen (secondary N) is 4. The Morgan fingerprint density at radius 3 is 2.37 bits per heavy atom. The summed E-state index contributed by atoms with van der Waals surface area (Å²) in [5.41, 5.74) is -1.81. The normalized spacial score (nSPS) is 33.3. The molecule has 6 atom stereocenters. The van der Waals surface area contributed by atoms with E-state index in [2.05, 4.69) is 25.9 Å². The second-order valence-corrected chi connectivity index (χ2v) is 14.1. The van der Waals surface area contributed by atoms with E-state index in [0.717, 1.165) is 31.7 Å². The topological polar surface area (TPSA) is 180 Å². The van der Waals surface area contributed by atoms with Crippen molar-refractivity contribution in [1.82, 2.24) is 36.1 Å². The molecule has 5 amide bonds. The van der Waals surface area contributed by atoms with Crippen LogP contribution in [0.3, 0.4) is 0 Å². The first-order valence-electron chi connectivity index (χ1n) is 22.4. The van der Waals surface area contributed by atoms with Crippen molar-refractivity contribution in [2.45, 2.75) is 135 Å². The molecule has 5 rings (SSSR count). The van der Waals surface area contributed by atoms with Crippen LogP contribution in [-0.2, 0) is 24.0 Å². The largest absolute Gasteiger partial charge is 0.347 e. The molecule has 0 bridgehead atoms. The van der Waals surface area contributed by atoms with Gasteiger partial charge in [0.2, 0.25) is 23.5 Å². The first-order valence-corrected chi connectivity index (χ1v) is 16.9. The Morgan fingerprint density at radius 1 is 1.00 bits per heavy atom. The summed E-state index contributed by atoms with van der Waals surface area (Å²) >= 11 is 0. The zero-order chi connectivity index (χ0) is 45.2. The van der Waals surface area contributed by atoms with E-state index in [9.17, 15) is 30.1 Å². The second kappa shape index (κ2) is 15.8. The molecule has 1 saturated heterocycles. The van der Waals surface area contributed by atoms with Gasteiger partial charge in [-0.05, 0) is 68.0 Å². The molecular weight excluding hydrogens is 626 g/mol. The summed E-state index contributed by atoms with van der Waals surface area (Å²) in [5, 5.41) is 9.74. The van der Waals surface area contributed by atoms with Gasteiger partial charge in [-0.25, -0.2) is 4.98 Å². The molecule has 0 unspecified atom stereocenters. The van der Waals surface area contributed by atoms with Gasteiger partial charge in [0.15, 0.2) is 0 Å². The maximum Gasteiger partial charge on any atom is 0.289 e. The summed E-state index contributed by atoms with van der Waals surface area (Å²) in [5.74, 6) is -10.8. The third kappa shape index (κ3) is 8.83. The summed E-state index contributed by atoms with van der Waals surface area (Å²) in [6.45, 7) is 6.36. The van der Waals surface area contributed by atoms with Crippen LogP contribution in [0.4, 0.5) is 0 Å². The quantitative estimate of drug-likeness (QED) is 0.228. The number of hydrogen-bond acceptors (Lipinski definition) is 8. The van der Waals surface area contributed by atoms with E-state index in [4.69, 9.17) is 13.7 Å². The number of fused-ring (bicyclic) bond motifs is 1. The highest BCUT2D eigenvalue weighted by Gasteiger charge is 2.52. The Hall–Kier alpha value is -3.90. The monoisotopic (exact) mass is 690 g/mol. The van der Waals surface area contributed by atoms with Crippen molar-refractivity contribution < 1.29 is 43.8 Å². The lowest BCUT2D eigenvalue weighted by Crippen LogP contribution is -2.62. The van der Waals surface area contributed by atoms with Crippen LogP contribution in [0, 0.1) is 23.1 Å². The average Bonchev–Trinajstić information content (AvgIpc) is 3.73. The molecule has 268 valence electrons. The number of ketones is 1. The maximum absolute atomic E-state index is 14.9. The molecule has 13 heteroatoms. The number of Topliss-reactive ketones (excluding diaryl/α,β-unsaturated/α-hetero) is 1. The van der Waals surface area contributed by atoms with Gasteiger partial charge in [-0.15, -0.1) is 0 Å². The van der Waals surface area contributed by atoms with Crippen molar-refractivity contribution >= 4 is 35.3 Å². The van der Waals surface area contributed by atoms with Crippen LogP contribution in [0.15, 0.2) is 18.6 Å². The molecule has 2 heterocycles. The van der Waals surface area contributed by atoms with E-state index in [1.165, 1.54) is 31.9 Å². The molecule has 4 fully saturated rings. The standard InChI is InChI=1S/C36H53N7O6/c1-5-10-25(29(44)34(48)39-23-15-16-23)40-33(47)28-24-14-9-13-22(24)20-43(28)35(49)30(36(2,3)4)42-32(46)27(21-11-7-6-8-12-21)41-31(45)26-19-37-17-18-38-26/h17-19,21-25,27-28,30H,5-16,20H2,1-4H3,(H,39,48)(H,40,47)(H,41,45)(H,42,46)/t22-,24-,25-,27-,28-,30+/m0/s1/i6D2,7D2,8D2,11D2,12D2,21D. The number of nitrogens with zero attached hydrogens (tertiary/aromatic N) is 3. The van der Waals surface area contributed by atoms with Crippen molar-refractivity contribution in [3.8, 4) is 0 Å². The number of amides is 5. The lowest BCUT2D eigenvalue weighted by atomic mass is 9.82. The SMILES string of the molecule is [2H]C1([2H])C([2H])([2H])C([2H])([2H])C([2H])([C@H](NC(=O)c2cnccn2)C(=O)N[C@H](C(=O)N2C[C@@H]3CCC[C@@H]3[C@H]2C(=O)N[C@@H](CCC)C(=O)C(=O)NC2CC2)C(C)(C)C)C([2H])([2H])C1([2H])[2H]. The average molecular weight is 691 g/mol. The van der Waals surface area contributed by atoms with Gasteiger partial charge in [-0.2, -0.15) is 0 Å². The van der Waals surface area contributed by atoms with E-state index in [1.54, 1.807) is 6.92 Å². The third-order valence-electron chi connectivity index (χ3n) is 9.33. The molecule has 4 N–H and O–H groups in total. The van der Waals surface area contributed by atoms with Crippen molar-refractivity contribution in [2.75, 3.05) is 6.54 Å². The van der Waals surface area contributed by atoms with E-state index in [0.29, 0.717) is 19.3 Å². The van der Waals surface area contributed by atoms with Gasteiger partial charge in [-0.1, -0.05) is 59.7 Å². The first kappa shape index (κ1) is 24.3. The van der Waals surface area contributed by atoms with Crippen molar-refractivity contribution in [2.24, 2.45) is 23.1 Å². The van der Waals surface area contributed by atoms with Crippen molar-refractivity contribution in [3.63, 3.8) is 0 Å². The summed E-state index contributed by atoms with van der Waals surface area (Å²) in [6.07, 6.45) is -13.0. The minimum atomic E-state index is -4.09. The first-order chi connectivity index (χ1) is 27.5. The van der Waals surface area contributed by atoms with Gasteiger partial charge >= 0.3 is 0 Å². The molecule has 4 aliphatic rings. The molecule has 0 aromatic carbocycles. The fourth-order valence-corrected chi connectivity index (χ4v) is 6.66. The predicted octanol–water partition coefficient (Wildman–Crippen LogP) is 2.45. The number of carbonyl (C=O) groups excluding carboxylic acids is 6. The Bertz CT molecular complexity index is 1850. The Kier molecular flexibility index (Phi) is 7.81. The summed E-state index contributed by atoms with van der Waals surface area (Å²) < 4.78 is 95.2. The van der Waals surface area contributed by atoms with Crippen LogP contribution >= 0.6 is 0 Å². The van der Waals surface area contributed by atoms with Crippen LogP contribution in [0.25, 0.3) is 0 Å². The van der Waals surface area contributed by atoms with E-state index < -0.39 is 108 Å². The number of likely N-dealkylation sites (tertiary alicyclic amines) is 1. The summed E-state index contributed by atoms with van der Waals surface area (Å²) in [6, 6.07) is -7.05. The molecule has 0 spiro atoms. The molecule has 0 radical (unpaired) electrons. The Balaban J connectivity index is 1.54. The minimum Gasteiger partial charge on any atom is -0.347 e. The summed E-state index contributed by atoms with van der Waals surface area (Å²) in [7, 11) is 0. The van der Waals surface area contributed by atoms with Crippen molar-refractivity contribution in [3.05, 3.63) is 24.3 Å². The number of carbonyl (C=O) groups is 6. The van der Waals surface area contributed by atoms with Crippen molar-refractivity contribution in [1.29, 1.82) is 0 Å². The van der Waals surface area contributed by atoms with Crippen LogP contribution < -0.4 is 21.3 Å². The zero-order valence-electron chi connectivity index (χ0n) is 39.2. The minimum absolute atomic E-state index is 0.0361. The van der Waals surface area contributed by atoms with Crippen LogP contribution in [0.1, 0.15) is 130 Å². The van der Waals surface area contributed by atoms with E-state index in [-0.39, 0.29) is 30.8 Å². The highest BCUT2D eigenvalue weighted by atomic mass is 16.2. The number of hydrogen-bond donors (Lipinski definition) is 4. The van der Waals surface area contributed by atoms with Gasteiger partial charge in [0, 0.05) is 40.1 Å². The highest BCUT2D eigenvalue weighted by molar-refractivity contribution is 6.38. The van der Waals surface area contributed by atoms with E-state index in [1.807, 2.05) is 5.32 Å². The second-order valence-electron chi connectivity index (χ2n) is 14.1. The Morgan fingerprint density at radius 2 is 1.73 bits per heavy atom. The van der Waals surface area contributed by atoms with Crippen LogP contribution in [0.2, 0.25) is 0 Å². The smallest absolute Gasteiger partial charge is 0.289 e. The molecular formula is C36H53N7O6. The van der Waals surface area contributed by atoms with Gasteiger partial charge < -0.3 is 26.2 Å². The van der Waals surface area contributed by atoms with Crippen LogP contribution in [0.5, 0.6) is 0 Å². The van der Waals surface area contributed by atoms with E-state index >= 15 is 0 Å². The fourth-order valence-electron chi connectivity index (χ4n) is 6.66. The van der Waals surface area contributed by atoms with Gasteiger partial charge in [0.05, 0.1) is 12.2 Å². The molecule has 1 aromatic heterocycles. The zero-order valence-corrected chi connectivity index (χ0v) is 28.2. The number of rotatable bonds is 13.